The number of nitrogens with zero attached hydrogens (tertiary/aromatic N) is 2. The largest absolute Gasteiger partial charge is 0.497 e. The topological polar surface area (TPSA) is 58.1 Å². The maximum atomic E-state index is 5.37. The van der Waals surface area contributed by atoms with E-state index in [-0.39, 0.29) is 0 Å². The van der Waals surface area contributed by atoms with Gasteiger partial charge in [0.1, 0.15) is 5.75 Å². The predicted octanol–water partition coefficient (Wildman–Crippen LogP) is 3.15. The Morgan fingerprint density at radius 1 is 1.17 bits per heavy atom. The summed E-state index contributed by atoms with van der Waals surface area (Å²) in [4.78, 5) is 2.42. The number of nitrogens with one attached hydrogen (secondary N) is 2. The lowest BCUT2D eigenvalue weighted by molar-refractivity contribution is 0.0376. The van der Waals surface area contributed by atoms with Crippen LogP contribution in [0.2, 0.25) is 0 Å². The molecule has 0 radical (unpaired) electrons. The highest BCUT2D eigenvalue weighted by Crippen LogP contribution is 2.22. The fraction of sp³-hybridized carbons (Fsp3) is 0.455. The minimum Gasteiger partial charge on any atom is -0.497 e. The van der Waals surface area contributed by atoms with Gasteiger partial charge in [-0.25, -0.2) is 0 Å². The molecule has 1 aliphatic heterocycles. The van der Waals surface area contributed by atoms with Gasteiger partial charge in [0.15, 0.2) is 5.11 Å². The van der Waals surface area contributed by atoms with E-state index in [0.717, 1.165) is 80.0 Å². The number of hydrazone groups is 1. The van der Waals surface area contributed by atoms with Crippen LogP contribution in [0, 0.1) is 0 Å². The van der Waals surface area contributed by atoms with E-state index >= 15 is 0 Å². The Morgan fingerprint density at radius 3 is 2.69 bits per heavy atom. The molecule has 0 aliphatic carbocycles. The van der Waals surface area contributed by atoms with Gasteiger partial charge in [-0.2, -0.15) is 5.10 Å². The molecule has 3 rings (SSSR count). The van der Waals surface area contributed by atoms with Crippen molar-refractivity contribution >= 4 is 33.8 Å². The van der Waals surface area contributed by atoms with Gasteiger partial charge in [-0.3, -0.25) is 10.3 Å². The lowest BCUT2D eigenvalue weighted by Crippen LogP contribution is -2.39. The van der Waals surface area contributed by atoms with Crippen molar-refractivity contribution in [3.05, 3.63) is 42.0 Å². The molecule has 0 spiro atoms. The second-order valence-corrected chi connectivity index (χ2v) is 7.42. The first kappa shape index (κ1) is 21.5. The molecule has 0 amide bonds. The molecule has 2 aromatic rings. The van der Waals surface area contributed by atoms with Crippen LogP contribution in [-0.2, 0) is 4.74 Å². The maximum Gasteiger partial charge on any atom is 0.186 e. The number of morpholine rings is 1. The SMILES string of the molecule is CC/C(=N/NC(=S)NCCCN1CCOCC1)c1ccc2cc(OC)ccc2c1. The number of ether oxygens (including phenoxy) is 2. The van der Waals surface area contributed by atoms with Gasteiger partial charge in [-0.15, -0.1) is 0 Å². The first-order valence-electron chi connectivity index (χ1n) is 10.2. The van der Waals surface area contributed by atoms with Crippen LogP contribution in [0.4, 0.5) is 0 Å². The highest BCUT2D eigenvalue weighted by molar-refractivity contribution is 7.80. The molecular weight excluding hydrogens is 384 g/mol. The summed E-state index contributed by atoms with van der Waals surface area (Å²) in [5, 5.41) is 10.6. The molecule has 0 saturated carbocycles. The smallest absolute Gasteiger partial charge is 0.186 e. The fourth-order valence-corrected chi connectivity index (χ4v) is 3.51. The average molecular weight is 415 g/mol. The van der Waals surface area contributed by atoms with Crippen LogP contribution in [-0.4, -0.2) is 62.2 Å². The summed E-state index contributed by atoms with van der Waals surface area (Å²) in [5.41, 5.74) is 5.05. The van der Waals surface area contributed by atoms with Crippen molar-refractivity contribution in [3.8, 4) is 5.75 Å². The minimum atomic E-state index is 0.559. The second kappa shape index (κ2) is 11.1. The highest BCUT2D eigenvalue weighted by atomic mass is 32.1. The third-order valence-corrected chi connectivity index (χ3v) is 5.28. The predicted molar refractivity (Wildman–Crippen MR) is 123 cm³/mol. The second-order valence-electron chi connectivity index (χ2n) is 7.02. The lowest BCUT2D eigenvalue weighted by atomic mass is 10.0. The molecule has 1 fully saturated rings. The quantitative estimate of drug-likeness (QED) is 0.300. The molecule has 0 atom stereocenters. The minimum absolute atomic E-state index is 0.559. The number of methoxy groups -OCH3 is 1. The Hall–Kier alpha value is -2.22. The Kier molecular flexibility index (Phi) is 8.22. The molecule has 2 aromatic carbocycles. The first-order chi connectivity index (χ1) is 14.2. The summed E-state index contributed by atoms with van der Waals surface area (Å²) in [6, 6.07) is 12.4. The van der Waals surface area contributed by atoms with E-state index in [1.165, 1.54) is 0 Å². The average Bonchev–Trinajstić information content (AvgIpc) is 2.77. The van der Waals surface area contributed by atoms with E-state index in [1.54, 1.807) is 7.11 Å². The monoisotopic (exact) mass is 414 g/mol. The zero-order valence-corrected chi connectivity index (χ0v) is 18.1. The summed E-state index contributed by atoms with van der Waals surface area (Å²) < 4.78 is 10.7. The van der Waals surface area contributed by atoms with Crippen LogP contribution in [0.25, 0.3) is 10.8 Å². The molecule has 0 aromatic heterocycles. The van der Waals surface area contributed by atoms with E-state index < -0.39 is 0 Å². The Labute approximate surface area is 178 Å². The third kappa shape index (κ3) is 6.39. The zero-order chi connectivity index (χ0) is 20.5. The Morgan fingerprint density at radius 2 is 1.93 bits per heavy atom. The van der Waals surface area contributed by atoms with Crippen molar-refractivity contribution < 1.29 is 9.47 Å². The third-order valence-electron chi connectivity index (χ3n) is 5.05. The molecule has 7 heteroatoms. The fourth-order valence-electron chi connectivity index (χ4n) is 3.37. The zero-order valence-electron chi connectivity index (χ0n) is 17.2. The summed E-state index contributed by atoms with van der Waals surface area (Å²) in [5.74, 6) is 0.862. The van der Waals surface area contributed by atoms with Gasteiger partial charge in [0.2, 0.25) is 0 Å². The molecule has 29 heavy (non-hydrogen) atoms. The van der Waals surface area contributed by atoms with Crippen LogP contribution in [0.15, 0.2) is 41.5 Å². The van der Waals surface area contributed by atoms with Crippen LogP contribution < -0.4 is 15.5 Å². The van der Waals surface area contributed by atoms with Gasteiger partial charge in [-0.05, 0) is 66.1 Å². The molecule has 1 saturated heterocycles. The van der Waals surface area contributed by atoms with Gasteiger partial charge in [0, 0.05) is 19.6 Å². The van der Waals surface area contributed by atoms with Crippen molar-refractivity contribution in [2.24, 2.45) is 5.10 Å². The number of benzene rings is 2. The van der Waals surface area contributed by atoms with Crippen LogP contribution in [0.5, 0.6) is 5.75 Å². The van der Waals surface area contributed by atoms with Crippen LogP contribution >= 0.6 is 12.2 Å². The molecule has 2 N–H and O–H groups in total. The van der Waals surface area contributed by atoms with Gasteiger partial charge >= 0.3 is 0 Å². The molecule has 0 bridgehead atoms. The first-order valence-corrected chi connectivity index (χ1v) is 10.6. The molecule has 1 heterocycles. The standard InChI is InChI=1S/C22H30N4O2S/c1-3-21(19-6-5-18-16-20(27-2)8-7-17(18)15-19)24-25-22(29)23-9-4-10-26-11-13-28-14-12-26/h5-8,15-16H,3-4,9-14H2,1-2H3,(H2,23,25,29)/b24-21-. The molecule has 0 unspecified atom stereocenters. The summed E-state index contributed by atoms with van der Waals surface area (Å²) in [7, 11) is 1.68. The molecule has 1 aliphatic rings. The van der Waals surface area contributed by atoms with Crippen molar-refractivity contribution in [1.82, 2.24) is 15.6 Å². The number of hydrogen-bond donors (Lipinski definition) is 2. The van der Waals surface area contributed by atoms with Crippen LogP contribution in [0.3, 0.4) is 0 Å². The highest BCUT2D eigenvalue weighted by Gasteiger charge is 2.09. The normalized spacial score (nSPS) is 15.3. The molecular formula is C22H30N4O2S. The van der Waals surface area contributed by atoms with E-state index in [0.29, 0.717) is 5.11 Å². The van der Waals surface area contributed by atoms with Crippen LogP contribution in [0.1, 0.15) is 25.3 Å². The van der Waals surface area contributed by atoms with Gasteiger partial charge < -0.3 is 14.8 Å². The van der Waals surface area contributed by atoms with Crippen molar-refractivity contribution in [2.75, 3.05) is 46.5 Å². The van der Waals surface area contributed by atoms with Crippen molar-refractivity contribution in [2.45, 2.75) is 19.8 Å². The summed E-state index contributed by atoms with van der Waals surface area (Å²) >= 11 is 5.37. The van der Waals surface area contributed by atoms with Crippen molar-refractivity contribution in [1.29, 1.82) is 0 Å². The summed E-state index contributed by atoms with van der Waals surface area (Å²) in [6.07, 6.45) is 1.86. The van der Waals surface area contributed by atoms with E-state index in [2.05, 4.69) is 51.9 Å². The van der Waals surface area contributed by atoms with E-state index in [9.17, 15) is 0 Å². The van der Waals surface area contributed by atoms with Gasteiger partial charge in [0.25, 0.3) is 0 Å². The van der Waals surface area contributed by atoms with E-state index in [4.69, 9.17) is 21.7 Å². The van der Waals surface area contributed by atoms with E-state index in [1.807, 2.05) is 12.1 Å². The maximum absolute atomic E-state index is 5.37. The van der Waals surface area contributed by atoms with Gasteiger partial charge in [0.05, 0.1) is 26.0 Å². The number of fused-ring (bicyclic) bond motifs is 1. The molecule has 6 nitrogen and oxygen atoms in total. The lowest BCUT2D eigenvalue weighted by Gasteiger charge is -2.26. The van der Waals surface area contributed by atoms with Crippen molar-refractivity contribution in [3.63, 3.8) is 0 Å². The summed E-state index contributed by atoms with van der Waals surface area (Å²) in [6.45, 7) is 7.70. The van der Waals surface area contributed by atoms with Gasteiger partial charge in [-0.1, -0.05) is 25.1 Å². The number of hydrogen-bond acceptors (Lipinski definition) is 5. The molecule has 156 valence electrons. The Balaban J connectivity index is 1.51. The number of rotatable bonds is 8. The number of thiocarbonyl (C=S) groups is 1. The Bertz CT molecular complexity index is 850.